The highest BCUT2D eigenvalue weighted by Gasteiger charge is 2.34. The van der Waals surface area contributed by atoms with E-state index >= 15 is 0 Å². The van der Waals surface area contributed by atoms with Crippen LogP contribution in [-0.2, 0) is 9.59 Å². The van der Waals surface area contributed by atoms with Crippen molar-refractivity contribution in [1.82, 2.24) is 15.5 Å². The van der Waals surface area contributed by atoms with Crippen molar-refractivity contribution in [3.05, 3.63) is 24.3 Å². The van der Waals surface area contributed by atoms with E-state index in [1.807, 2.05) is 36.9 Å². The molecule has 2 aliphatic rings. The summed E-state index contributed by atoms with van der Waals surface area (Å²) in [5, 5.41) is 5.02. The van der Waals surface area contributed by atoms with Gasteiger partial charge < -0.3 is 19.9 Å². The summed E-state index contributed by atoms with van der Waals surface area (Å²) in [6.45, 7) is 6.19. The Hall–Kier alpha value is -2.77. The molecule has 0 radical (unpaired) electrons. The highest BCUT2D eigenvalue weighted by Crippen LogP contribution is 2.33. The number of piperidine rings is 1. The first-order chi connectivity index (χ1) is 13.9. The van der Waals surface area contributed by atoms with Gasteiger partial charge in [-0.25, -0.2) is 4.79 Å². The van der Waals surface area contributed by atoms with Gasteiger partial charge in [0, 0.05) is 19.6 Å². The fourth-order valence-corrected chi connectivity index (χ4v) is 3.58. The Morgan fingerprint density at radius 1 is 1.14 bits per heavy atom. The second-order valence-electron chi connectivity index (χ2n) is 7.99. The number of ether oxygens (including phenoxy) is 1. The molecule has 0 saturated carbocycles. The molecule has 8 nitrogen and oxygen atoms in total. The van der Waals surface area contributed by atoms with Crippen LogP contribution in [0, 0.1) is 5.92 Å². The average molecular weight is 402 g/mol. The van der Waals surface area contributed by atoms with Gasteiger partial charge in [0.1, 0.15) is 5.75 Å². The van der Waals surface area contributed by atoms with Crippen molar-refractivity contribution in [2.24, 2.45) is 5.92 Å². The Bertz CT molecular complexity index is 746. The third-order valence-electron chi connectivity index (χ3n) is 5.06. The smallest absolute Gasteiger partial charge is 0.321 e. The molecule has 1 aromatic rings. The number of para-hydroxylation sites is 2. The van der Waals surface area contributed by atoms with Crippen molar-refractivity contribution in [2.75, 3.05) is 37.6 Å². The van der Waals surface area contributed by atoms with Crippen molar-refractivity contribution in [1.29, 1.82) is 0 Å². The van der Waals surface area contributed by atoms with Gasteiger partial charge in [-0.15, -0.1) is 0 Å². The first kappa shape index (κ1) is 21.0. The molecule has 29 heavy (non-hydrogen) atoms. The van der Waals surface area contributed by atoms with Crippen LogP contribution in [0.25, 0.3) is 0 Å². The number of nitrogens with zero attached hydrogens (tertiary/aromatic N) is 2. The summed E-state index contributed by atoms with van der Waals surface area (Å²) in [4.78, 5) is 40.9. The van der Waals surface area contributed by atoms with Crippen molar-refractivity contribution in [3.63, 3.8) is 0 Å². The number of likely N-dealkylation sites (tertiary alicyclic amines) is 1. The zero-order valence-electron chi connectivity index (χ0n) is 17.1. The molecule has 3 rings (SSSR count). The summed E-state index contributed by atoms with van der Waals surface area (Å²) in [6.07, 6.45) is 2.49. The van der Waals surface area contributed by atoms with Crippen LogP contribution in [0.5, 0.6) is 5.75 Å². The van der Waals surface area contributed by atoms with Gasteiger partial charge in [-0.2, -0.15) is 0 Å². The van der Waals surface area contributed by atoms with Crippen molar-refractivity contribution < 1.29 is 19.1 Å². The van der Waals surface area contributed by atoms with E-state index in [2.05, 4.69) is 10.6 Å². The molecule has 0 unspecified atom stereocenters. The summed E-state index contributed by atoms with van der Waals surface area (Å²) in [5.41, 5.74) is 0.743. The monoisotopic (exact) mass is 402 g/mol. The van der Waals surface area contributed by atoms with Gasteiger partial charge in [0.15, 0.2) is 6.10 Å². The number of hydrogen-bond donors (Lipinski definition) is 2. The molecule has 1 fully saturated rings. The summed E-state index contributed by atoms with van der Waals surface area (Å²) >= 11 is 0. The Morgan fingerprint density at radius 2 is 1.86 bits per heavy atom. The number of hydrogen-bond acceptors (Lipinski definition) is 5. The van der Waals surface area contributed by atoms with Gasteiger partial charge in [-0.1, -0.05) is 26.0 Å². The minimum Gasteiger partial charge on any atom is -0.477 e. The van der Waals surface area contributed by atoms with E-state index in [1.165, 1.54) is 0 Å². The van der Waals surface area contributed by atoms with Crippen molar-refractivity contribution in [3.8, 4) is 5.75 Å². The molecule has 8 heteroatoms. The maximum Gasteiger partial charge on any atom is 0.321 e. The Balaban J connectivity index is 1.65. The zero-order valence-corrected chi connectivity index (χ0v) is 17.1. The topological polar surface area (TPSA) is 91.0 Å². The minimum absolute atomic E-state index is 0.0285. The fraction of sp³-hybridized carbons (Fsp3) is 0.571. The first-order valence-electron chi connectivity index (χ1n) is 10.3. The third kappa shape index (κ3) is 5.62. The van der Waals surface area contributed by atoms with Crippen molar-refractivity contribution >= 4 is 23.5 Å². The molecule has 2 heterocycles. The number of urea groups is 1. The maximum atomic E-state index is 12.9. The van der Waals surface area contributed by atoms with E-state index in [1.54, 1.807) is 11.0 Å². The van der Waals surface area contributed by atoms with Gasteiger partial charge in [-0.3, -0.25) is 14.9 Å². The fourth-order valence-electron chi connectivity index (χ4n) is 3.58. The predicted molar refractivity (Wildman–Crippen MR) is 110 cm³/mol. The van der Waals surface area contributed by atoms with Gasteiger partial charge in [0.05, 0.1) is 18.8 Å². The average Bonchev–Trinajstić information content (AvgIpc) is 2.72. The van der Waals surface area contributed by atoms with Crippen LogP contribution in [0.15, 0.2) is 24.3 Å². The molecule has 0 bridgehead atoms. The van der Waals surface area contributed by atoms with Gasteiger partial charge >= 0.3 is 6.03 Å². The zero-order chi connectivity index (χ0) is 20.8. The lowest BCUT2D eigenvalue weighted by molar-refractivity contribution is -0.139. The Kier molecular flexibility index (Phi) is 6.95. The van der Waals surface area contributed by atoms with Gasteiger partial charge in [0.2, 0.25) is 5.91 Å². The molecule has 2 aliphatic heterocycles. The Morgan fingerprint density at radius 3 is 2.59 bits per heavy atom. The minimum atomic E-state index is -0.662. The molecular weight excluding hydrogens is 372 g/mol. The number of anilines is 1. The number of benzene rings is 1. The largest absolute Gasteiger partial charge is 0.477 e. The van der Waals surface area contributed by atoms with Crippen LogP contribution in [0.4, 0.5) is 10.5 Å². The predicted octanol–water partition coefficient (Wildman–Crippen LogP) is 1.75. The molecule has 1 saturated heterocycles. The Labute approximate surface area is 171 Å². The van der Waals surface area contributed by atoms with Crippen LogP contribution in [0.3, 0.4) is 0 Å². The highest BCUT2D eigenvalue weighted by atomic mass is 16.5. The number of fused-ring (bicyclic) bond motifs is 1. The lowest BCUT2D eigenvalue weighted by atomic mass is 10.1. The maximum absolute atomic E-state index is 12.9. The van der Waals surface area contributed by atoms with Crippen LogP contribution >= 0.6 is 0 Å². The first-order valence-corrected chi connectivity index (χ1v) is 10.3. The summed E-state index contributed by atoms with van der Waals surface area (Å²) in [7, 11) is 0. The molecule has 0 aromatic heterocycles. The summed E-state index contributed by atoms with van der Waals surface area (Å²) in [6, 6.07) is 6.83. The lowest BCUT2D eigenvalue weighted by Crippen LogP contribution is -2.53. The quantitative estimate of drug-likeness (QED) is 0.783. The second kappa shape index (κ2) is 9.62. The van der Waals surface area contributed by atoms with Crippen LogP contribution < -0.4 is 20.3 Å². The van der Waals surface area contributed by atoms with E-state index in [0.717, 1.165) is 38.0 Å². The number of carbonyl (C=O) groups is 3. The number of nitrogens with one attached hydrogen (secondary N) is 2. The number of imide groups is 1. The number of carbonyl (C=O) groups excluding carboxylic acids is 3. The van der Waals surface area contributed by atoms with Crippen LogP contribution in [0.1, 0.15) is 33.1 Å². The third-order valence-corrected chi connectivity index (χ3v) is 5.06. The summed E-state index contributed by atoms with van der Waals surface area (Å²) in [5.74, 6) is 0.404. The van der Waals surface area contributed by atoms with Crippen LogP contribution in [-0.4, -0.2) is 61.6 Å². The normalized spacial score (nSPS) is 18.7. The second-order valence-corrected chi connectivity index (χ2v) is 7.99. The molecular formula is C21H30N4O4. The molecule has 2 N–H and O–H groups in total. The van der Waals surface area contributed by atoms with E-state index in [-0.39, 0.29) is 19.0 Å². The lowest BCUT2D eigenvalue weighted by Gasteiger charge is -2.38. The van der Waals surface area contributed by atoms with Gasteiger partial charge in [-0.05, 0) is 37.3 Å². The molecule has 1 aromatic carbocycles. The molecule has 0 spiro atoms. The number of amides is 4. The number of rotatable bonds is 5. The van der Waals surface area contributed by atoms with Crippen molar-refractivity contribution in [2.45, 2.75) is 39.2 Å². The molecule has 0 aliphatic carbocycles. The summed E-state index contributed by atoms with van der Waals surface area (Å²) < 4.78 is 5.96. The molecule has 1 atom stereocenters. The van der Waals surface area contributed by atoms with E-state index in [0.29, 0.717) is 18.2 Å². The van der Waals surface area contributed by atoms with Crippen LogP contribution in [0.2, 0.25) is 0 Å². The SMILES string of the molecule is CC(C)CNC(=O)NC(=O)CN1C[C@H](C(=O)N2CCCCC2)Oc2ccccc21. The molecule has 158 valence electrons. The molecule has 4 amide bonds. The van der Waals surface area contributed by atoms with E-state index in [9.17, 15) is 14.4 Å². The van der Waals surface area contributed by atoms with E-state index in [4.69, 9.17) is 4.74 Å². The van der Waals surface area contributed by atoms with E-state index < -0.39 is 18.0 Å². The standard InChI is InChI=1S/C21H30N4O4/c1-15(2)12-22-21(28)23-19(26)14-25-13-18(20(27)24-10-6-3-7-11-24)29-17-9-5-4-8-16(17)25/h4-5,8-9,15,18H,3,6-7,10-14H2,1-2H3,(H2,22,23,26,28)/t18-/m1/s1. The van der Waals surface area contributed by atoms with Gasteiger partial charge in [0.25, 0.3) is 5.91 Å². The highest BCUT2D eigenvalue weighted by molar-refractivity contribution is 5.97.